The Morgan fingerprint density at radius 2 is 1.82 bits per heavy atom. The van der Waals surface area contributed by atoms with Crippen molar-refractivity contribution in [2.75, 3.05) is 13.1 Å². The van der Waals surface area contributed by atoms with E-state index in [1.165, 1.54) is 36.9 Å². The summed E-state index contributed by atoms with van der Waals surface area (Å²) in [5.74, 6) is -2.15. The van der Waals surface area contributed by atoms with E-state index >= 15 is 0 Å². The van der Waals surface area contributed by atoms with E-state index in [9.17, 15) is 23.2 Å². The third kappa shape index (κ3) is 4.75. The van der Waals surface area contributed by atoms with Gasteiger partial charge in [-0.3, -0.25) is 14.4 Å². The van der Waals surface area contributed by atoms with Crippen molar-refractivity contribution >= 4 is 23.6 Å². The van der Waals surface area contributed by atoms with Crippen LogP contribution in [0.15, 0.2) is 58.2 Å². The molecule has 2 heterocycles. The Balaban J connectivity index is 1.84. The normalized spacial score (nSPS) is 14.5. The Bertz CT molecular complexity index is 1340. The highest BCUT2D eigenvalue weighted by Crippen LogP contribution is 2.45. The van der Waals surface area contributed by atoms with Crippen LogP contribution >= 0.6 is 11.8 Å². The molecule has 9 heteroatoms. The monoisotopic (exact) mass is 483 g/mol. The first kappa shape index (κ1) is 23.7. The van der Waals surface area contributed by atoms with Gasteiger partial charge in [-0.25, -0.2) is 8.78 Å². The number of aryl methyl sites for hydroxylation is 1. The fourth-order valence-electron chi connectivity index (χ4n) is 4.12. The van der Waals surface area contributed by atoms with Crippen molar-refractivity contribution in [3.05, 3.63) is 92.9 Å². The minimum Gasteiger partial charge on any atom is -0.355 e. The average Bonchev–Trinajstić information content (AvgIpc) is 2.93. The number of carbonyl (C=O) groups is 2. The molecule has 34 heavy (non-hydrogen) atoms. The smallest absolute Gasteiger partial charge is 0.257 e. The van der Waals surface area contributed by atoms with E-state index in [2.05, 4.69) is 10.6 Å². The van der Waals surface area contributed by atoms with Crippen molar-refractivity contribution in [1.29, 1.82) is 0 Å². The first-order valence-corrected chi connectivity index (χ1v) is 11.6. The number of hydrogen-bond acceptors (Lipinski definition) is 4. The summed E-state index contributed by atoms with van der Waals surface area (Å²) in [6, 6.07) is 12.4. The van der Waals surface area contributed by atoms with E-state index in [1.807, 2.05) is 28.8 Å². The number of carbonyl (C=O) groups excluding carboxylic acids is 2. The molecule has 0 aliphatic carbocycles. The van der Waals surface area contributed by atoms with Crippen LogP contribution in [0.1, 0.15) is 39.5 Å². The Morgan fingerprint density at radius 3 is 2.56 bits per heavy atom. The van der Waals surface area contributed by atoms with E-state index in [0.29, 0.717) is 17.0 Å². The fourth-order valence-corrected chi connectivity index (χ4v) is 5.42. The van der Waals surface area contributed by atoms with Gasteiger partial charge in [-0.05, 0) is 25.1 Å². The number of halogens is 2. The molecule has 1 aromatic heterocycles. The molecular weight excluding hydrogens is 460 g/mol. The van der Waals surface area contributed by atoms with E-state index in [1.54, 1.807) is 6.92 Å². The van der Waals surface area contributed by atoms with Gasteiger partial charge < -0.3 is 15.2 Å². The first-order valence-electron chi connectivity index (χ1n) is 10.8. The second-order valence-electron chi connectivity index (χ2n) is 7.99. The maximum Gasteiger partial charge on any atom is 0.257 e. The Hall–Kier alpha value is -3.46. The number of para-hydroxylation sites is 1. The number of pyridine rings is 1. The Morgan fingerprint density at radius 1 is 1.09 bits per heavy atom. The number of aromatic nitrogens is 1. The van der Waals surface area contributed by atoms with Gasteiger partial charge in [0, 0.05) is 65.7 Å². The summed E-state index contributed by atoms with van der Waals surface area (Å²) in [5.41, 5.74) is 1.69. The summed E-state index contributed by atoms with van der Waals surface area (Å²) >= 11 is 1.40. The maximum absolute atomic E-state index is 14.8. The lowest BCUT2D eigenvalue weighted by molar-refractivity contribution is -0.118. The van der Waals surface area contributed by atoms with Gasteiger partial charge in [0.15, 0.2) is 5.43 Å². The summed E-state index contributed by atoms with van der Waals surface area (Å²) in [7, 11) is 0. The van der Waals surface area contributed by atoms with Crippen molar-refractivity contribution in [3.8, 4) is 5.69 Å². The van der Waals surface area contributed by atoms with Crippen molar-refractivity contribution in [1.82, 2.24) is 15.2 Å². The Kier molecular flexibility index (Phi) is 6.83. The van der Waals surface area contributed by atoms with Crippen molar-refractivity contribution in [2.24, 2.45) is 0 Å². The van der Waals surface area contributed by atoms with Crippen LogP contribution in [0, 0.1) is 18.6 Å². The highest BCUT2D eigenvalue weighted by atomic mass is 32.2. The van der Waals surface area contributed by atoms with Crippen LogP contribution in [0.3, 0.4) is 0 Å². The molecule has 0 saturated heterocycles. The second kappa shape index (κ2) is 9.80. The number of nitrogens with zero attached hydrogens (tertiary/aromatic N) is 1. The van der Waals surface area contributed by atoms with Gasteiger partial charge in [0.05, 0.1) is 5.69 Å². The maximum atomic E-state index is 14.8. The van der Waals surface area contributed by atoms with Gasteiger partial charge in [0.1, 0.15) is 17.2 Å². The van der Waals surface area contributed by atoms with Crippen molar-refractivity contribution < 1.29 is 18.4 Å². The van der Waals surface area contributed by atoms with Crippen LogP contribution in [0.5, 0.6) is 0 Å². The molecule has 4 rings (SSSR count). The van der Waals surface area contributed by atoms with E-state index < -0.39 is 28.2 Å². The standard InChI is InChI=1S/C25H23F2N3O3S/c1-14-11-21(32)24(25(33)29-10-9-28-15(2)31)20-13-23(17-8-7-16(26)12-18(17)27)34-22-6-4-3-5-19(22)30(14)20/h3-8,11-12,23H,9-10,13H2,1-2H3,(H,28,31)(H,29,33). The molecular formula is C25H23F2N3O3S. The van der Waals surface area contributed by atoms with Gasteiger partial charge >= 0.3 is 0 Å². The molecule has 176 valence electrons. The van der Waals surface area contributed by atoms with E-state index in [-0.39, 0.29) is 31.0 Å². The lowest BCUT2D eigenvalue weighted by atomic mass is 10.0. The number of fused-ring (bicyclic) bond motifs is 3. The van der Waals surface area contributed by atoms with Gasteiger partial charge in [-0.2, -0.15) is 0 Å². The predicted octanol–water partition coefficient (Wildman–Crippen LogP) is 3.68. The number of rotatable bonds is 5. The van der Waals surface area contributed by atoms with Crippen LogP contribution in [0.25, 0.3) is 5.69 Å². The van der Waals surface area contributed by atoms with Crippen LogP contribution in [-0.4, -0.2) is 29.5 Å². The molecule has 1 aliphatic rings. The Labute approximate surface area is 199 Å². The minimum absolute atomic E-state index is 0.0294. The zero-order valence-electron chi connectivity index (χ0n) is 18.7. The molecule has 6 nitrogen and oxygen atoms in total. The molecule has 1 atom stereocenters. The lowest BCUT2D eigenvalue weighted by Crippen LogP contribution is -2.37. The predicted molar refractivity (Wildman–Crippen MR) is 126 cm³/mol. The van der Waals surface area contributed by atoms with Gasteiger partial charge in [0.25, 0.3) is 5.91 Å². The molecule has 0 bridgehead atoms. The van der Waals surface area contributed by atoms with E-state index in [0.717, 1.165) is 16.6 Å². The quantitative estimate of drug-likeness (QED) is 0.543. The molecule has 1 unspecified atom stereocenters. The van der Waals surface area contributed by atoms with Crippen LogP contribution in [-0.2, 0) is 11.2 Å². The third-order valence-corrected chi connectivity index (χ3v) is 6.88. The molecule has 0 saturated carbocycles. The fraction of sp³-hybridized carbons (Fsp3) is 0.240. The number of benzene rings is 2. The van der Waals surface area contributed by atoms with Gasteiger partial charge in [0.2, 0.25) is 5.91 Å². The molecule has 0 fully saturated rings. The highest BCUT2D eigenvalue weighted by Gasteiger charge is 2.30. The number of nitrogens with one attached hydrogen (secondary N) is 2. The number of amides is 2. The van der Waals surface area contributed by atoms with E-state index in [4.69, 9.17) is 0 Å². The zero-order chi connectivity index (χ0) is 24.4. The molecule has 2 aromatic carbocycles. The van der Waals surface area contributed by atoms with Crippen LogP contribution < -0.4 is 16.1 Å². The highest BCUT2D eigenvalue weighted by molar-refractivity contribution is 7.99. The topological polar surface area (TPSA) is 80.2 Å². The van der Waals surface area contributed by atoms with Gasteiger partial charge in [-0.1, -0.05) is 18.2 Å². The summed E-state index contributed by atoms with van der Waals surface area (Å²) in [6.45, 7) is 3.52. The zero-order valence-corrected chi connectivity index (χ0v) is 19.5. The lowest BCUT2D eigenvalue weighted by Gasteiger charge is -2.20. The van der Waals surface area contributed by atoms with Crippen molar-refractivity contribution in [2.45, 2.75) is 30.4 Å². The number of hydrogen-bond donors (Lipinski definition) is 2. The number of thioether (sulfide) groups is 1. The average molecular weight is 484 g/mol. The van der Waals surface area contributed by atoms with Gasteiger partial charge in [-0.15, -0.1) is 11.8 Å². The molecule has 0 radical (unpaired) electrons. The summed E-state index contributed by atoms with van der Waals surface area (Å²) in [5, 5.41) is 4.78. The summed E-state index contributed by atoms with van der Waals surface area (Å²) in [4.78, 5) is 38.0. The SMILES string of the molecule is CC(=O)NCCNC(=O)c1c2n(c(C)cc1=O)-c1ccccc1SC(c1ccc(F)cc1F)C2. The largest absolute Gasteiger partial charge is 0.355 e. The molecule has 2 amide bonds. The minimum atomic E-state index is -0.681. The molecule has 3 aromatic rings. The first-order chi connectivity index (χ1) is 16.3. The third-order valence-electron chi connectivity index (χ3n) is 5.57. The molecule has 1 aliphatic heterocycles. The molecule has 0 spiro atoms. The summed E-state index contributed by atoms with van der Waals surface area (Å²) in [6.07, 6.45) is 0.174. The molecule has 2 N–H and O–H groups in total. The second-order valence-corrected chi connectivity index (χ2v) is 9.23. The van der Waals surface area contributed by atoms with Crippen LogP contribution in [0.4, 0.5) is 8.78 Å². The van der Waals surface area contributed by atoms with Crippen LogP contribution in [0.2, 0.25) is 0 Å². The van der Waals surface area contributed by atoms with Crippen molar-refractivity contribution in [3.63, 3.8) is 0 Å². The summed E-state index contributed by atoms with van der Waals surface area (Å²) < 4.78 is 30.2.